The zero-order valence-electron chi connectivity index (χ0n) is 17.6. The van der Waals surface area contributed by atoms with E-state index < -0.39 is 0 Å². The first kappa shape index (κ1) is 18.3. The predicted octanol–water partition coefficient (Wildman–Crippen LogP) is 5.04. The van der Waals surface area contributed by atoms with E-state index in [1.54, 1.807) is 0 Å². The van der Waals surface area contributed by atoms with Crippen molar-refractivity contribution >= 4 is 0 Å². The summed E-state index contributed by atoms with van der Waals surface area (Å²) in [6.45, 7) is 15.4. The molecule has 4 aliphatic rings. The molecule has 2 saturated heterocycles. The van der Waals surface area contributed by atoms with Gasteiger partial charge >= 0.3 is 0 Å². The normalized spacial score (nSPS) is 33.6. The van der Waals surface area contributed by atoms with Crippen LogP contribution in [0.3, 0.4) is 0 Å². The first-order valence-corrected chi connectivity index (χ1v) is 11.2. The summed E-state index contributed by atoms with van der Waals surface area (Å²) >= 11 is 0. The monoisotopic (exact) mass is 346 g/mol. The maximum absolute atomic E-state index is 2.87. The van der Waals surface area contributed by atoms with Gasteiger partial charge in [0.2, 0.25) is 0 Å². The third-order valence-corrected chi connectivity index (χ3v) is 9.31. The molecule has 144 valence electrons. The average molecular weight is 347 g/mol. The lowest BCUT2D eigenvalue weighted by Gasteiger charge is -2.65. The smallest absolute Gasteiger partial charge is 0.0182 e. The van der Waals surface area contributed by atoms with E-state index in [-0.39, 0.29) is 0 Å². The average Bonchev–Trinajstić information content (AvgIpc) is 2.51. The van der Waals surface area contributed by atoms with E-state index in [1.807, 2.05) is 0 Å². The largest absolute Gasteiger partial charge is 0.306 e. The van der Waals surface area contributed by atoms with Crippen LogP contribution in [0.5, 0.6) is 0 Å². The molecular weight excluding hydrogens is 304 g/mol. The molecule has 4 rings (SSSR count). The number of rotatable bonds is 3. The van der Waals surface area contributed by atoms with Gasteiger partial charge in [-0.1, -0.05) is 13.8 Å². The molecule has 2 spiro atoms. The zero-order chi connectivity index (χ0) is 17.9. The Morgan fingerprint density at radius 1 is 0.880 bits per heavy atom. The predicted molar refractivity (Wildman–Crippen MR) is 107 cm³/mol. The van der Waals surface area contributed by atoms with Crippen LogP contribution in [0.15, 0.2) is 0 Å². The number of nitrogens with zero attached hydrogens (tertiary/aromatic N) is 2. The summed E-state index contributed by atoms with van der Waals surface area (Å²) in [5.74, 6) is 2.84. The molecule has 25 heavy (non-hydrogen) atoms. The second-order valence-electron chi connectivity index (χ2n) is 11.5. The third-order valence-electron chi connectivity index (χ3n) is 9.31. The lowest BCUT2D eigenvalue weighted by molar-refractivity contribution is -0.149. The van der Waals surface area contributed by atoms with Crippen molar-refractivity contribution in [1.29, 1.82) is 0 Å². The molecular formula is C23H42N2. The quantitative estimate of drug-likeness (QED) is 0.707. The van der Waals surface area contributed by atoms with Gasteiger partial charge in [0.05, 0.1) is 0 Å². The van der Waals surface area contributed by atoms with Crippen molar-refractivity contribution in [1.82, 2.24) is 9.80 Å². The fourth-order valence-electron chi connectivity index (χ4n) is 6.65. The number of likely N-dealkylation sites (tertiary alicyclic amines) is 2. The second-order valence-corrected chi connectivity index (χ2v) is 11.5. The first-order chi connectivity index (χ1) is 11.7. The van der Waals surface area contributed by atoms with Crippen LogP contribution in [0.2, 0.25) is 0 Å². The van der Waals surface area contributed by atoms with Gasteiger partial charge in [0.1, 0.15) is 0 Å². The van der Waals surface area contributed by atoms with Crippen LogP contribution in [0.25, 0.3) is 0 Å². The molecule has 0 aromatic rings. The van der Waals surface area contributed by atoms with E-state index in [2.05, 4.69) is 44.5 Å². The van der Waals surface area contributed by atoms with Gasteiger partial charge in [-0.15, -0.1) is 0 Å². The van der Waals surface area contributed by atoms with Crippen LogP contribution >= 0.6 is 0 Å². The lowest BCUT2D eigenvalue weighted by Crippen LogP contribution is -2.68. The molecule has 0 amide bonds. The molecule has 0 aromatic heterocycles. The molecule has 2 nitrogen and oxygen atoms in total. The minimum absolute atomic E-state index is 0.439. The Bertz CT molecular complexity index is 462. The number of piperidine rings is 1. The Labute approximate surface area is 156 Å². The van der Waals surface area contributed by atoms with Gasteiger partial charge in [-0.3, -0.25) is 4.90 Å². The molecule has 2 aliphatic carbocycles. The van der Waals surface area contributed by atoms with E-state index in [0.29, 0.717) is 11.0 Å². The maximum Gasteiger partial charge on any atom is 0.0182 e. The Morgan fingerprint density at radius 2 is 1.44 bits per heavy atom. The van der Waals surface area contributed by atoms with Crippen molar-refractivity contribution in [3.8, 4) is 0 Å². The minimum Gasteiger partial charge on any atom is -0.306 e. The number of hydrogen-bond donors (Lipinski definition) is 0. The Kier molecular flexibility index (Phi) is 4.56. The van der Waals surface area contributed by atoms with E-state index in [1.165, 1.54) is 77.5 Å². The van der Waals surface area contributed by atoms with Gasteiger partial charge in [0, 0.05) is 18.6 Å². The van der Waals surface area contributed by atoms with E-state index >= 15 is 0 Å². The van der Waals surface area contributed by atoms with Crippen LogP contribution in [-0.2, 0) is 0 Å². The van der Waals surface area contributed by atoms with Gasteiger partial charge in [-0.25, -0.2) is 0 Å². The van der Waals surface area contributed by atoms with E-state index in [9.17, 15) is 0 Å². The second kappa shape index (κ2) is 6.23. The minimum atomic E-state index is 0.439. The summed E-state index contributed by atoms with van der Waals surface area (Å²) in [5.41, 5.74) is 1.87. The molecule has 0 N–H and O–H groups in total. The molecule has 2 heterocycles. The van der Waals surface area contributed by atoms with Crippen molar-refractivity contribution in [2.45, 2.75) is 84.6 Å². The fraction of sp³-hybridized carbons (Fsp3) is 1.00. The van der Waals surface area contributed by atoms with Gasteiger partial charge in [-0.05, 0) is 114 Å². The van der Waals surface area contributed by atoms with E-state index in [0.717, 1.165) is 23.2 Å². The lowest BCUT2D eigenvalue weighted by atomic mass is 9.52. The molecule has 0 aromatic carbocycles. The highest BCUT2D eigenvalue weighted by molar-refractivity contribution is 5.09. The molecule has 0 bridgehead atoms. The summed E-state index contributed by atoms with van der Waals surface area (Å²) in [6, 6.07) is 0. The molecule has 0 atom stereocenters. The van der Waals surface area contributed by atoms with Gasteiger partial charge in [0.25, 0.3) is 0 Å². The summed E-state index contributed by atoms with van der Waals surface area (Å²) < 4.78 is 0. The van der Waals surface area contributed by atoms with Crippen molar-refractivity contribution in [3.63, 3.8) is 0 Å². The van der Waals surface area contributed by atoms with Gasteiger partial charge in [0.15, 0.2) is 0 Å². The number of hydrogen-bond acceptors (Lipinski definition) is 2. The van der Waals surface area contributed by atoms with Crippen LogP contribution in [-0.4, -0.2) is 48.6 Å². The maximum atomic E-state index is 2.87. The standard InChI is InChI=1S/C23H42N2/c1-18(2)19-6-8-23(9-7-19)16-25(17-23)21(3,4)20-14-22(15-20)10-12-24(5)13-11-22/h18-20H,6-17H2,1-5H3. The van der Waals surface area contributed by atoms with Crippen LogP contribution < -0.4 is 0 Å². The fourth-order valence-corrected chi connectivity index (χ4v) is 6.65. The zero-order valence-corrected chi connectivity index (χ0v) is 17.6. The van der Waals surface area contributed by atoms with Crippen molar-refractivity contribution in [3.05, 3.63) is 0 Å². The highest BCUT2D eigenvalue weighted by atomic mass is 15.3. The molecule has 0 unspecified atom stereocenters. The molecule has 2 saturated carbocycles. The highest BCUT2D eigenvalue weighted by Crippen LogP contribution is 2.59. The first-order valence-electron chi connectivity index (χ1n) is 11.2. The summed E-state index contributed by atoms with van der Waals surface area (Å²) in [4.78, 5) is 5.39. The van der Waals surface area contributed by atoms with E-state index in [4.69, 9.17) is 0 Å². The third kappa shape index (κ3) is 3.20. The molecule has 2 aliphatic heterocycles. The van der Waals surface area contributed by atoms with Crippen molar-refractivity contribution < 1.29 is 0 Å². The SMILES string of the molecule is CC(C)C1CCC2(CC1)CN(C(C)(C)C1CC3(CCN(C)CC3)C1)C2. The van der Waals surface area contributed by atoms with Crippen LogP contribution in [0.4, 0.5) is 0 Å². The van der Waals surface area contributed by atoms with Gasteiger partial charge in [-0.2, -0.15) is 0 Å². The van der Waals surface area contributed by atoms with Gasteiger partial charge < -0.3 is 4.90 Å². The van der Waals surface area contributed by atoms with Crippen LogP contribution in [0, 0.1) is 28.6 Å². The summed E-state index contributed by atoms with van der Waals surface area (Å²) in [5, 5.41) is 0. The van der Waals surface area contributed by atoms with Crippen molar-refractivity contribution in [2.75, 3.05) is 33.2 Å². The summed E-state index contributed by atoms with van der Waals surface area (Å²) in [7, 11) is 2.29. The van der Waals surface area contributed by atoms with Crippen LogP contribution in [0.1, 0.15) is 79.1 Å². The Balaban J connectivity index is 1.28. The molecule has 2 heteroatoms. The summed E-state index contributed by atoms with van der Waals surface area (Å²) in [6.07, 6.45) is 11.9. The van der Waals surface area contributed by atoms with Crippen molar-refractivity contribution in [2.24, 2.45) is 28.6 Å². The Hall–Kier alpha value is -0.0800. The molecule has 4 fully saturated rings. The highest BCUT2D eigenvalue weighted by Gasteiger charge is 2.56. The Morgan fingerprint density at radius 3 is 1.96 bits per heavy atom. The topological polar surface area (TPSA) is 6.48 Å². The molecule has 0 radical (unpaired) electrons.